The highest BCUT2D eigenvalue weighted by Gasteiger charge is 2.62. The molecule has 0 unspecified atom stereocenters. The fourth-order valence-corrected chi connectivity index (χ4v) is 3.91. The number of nitrogens with zero attached hydrogens (tertiary/aromatic N) is 2. The van der Waals surface area contributed by atoms with E-state index < -0.39 is 29.8 Å². The lowest BCUT2D eigenvalue weighted by atomic mass is 9.68. The zero-order valence-corrected chi connectivity index (χ0v) is 17.1. The lowest BCUT2D eigenvalue weighted by molar-refractivity contribution is -0.142. The molecular formula is C22H21N3O6. The molecule has 2 N–H and O–H groups in total. The summed E-state index contributed by atoms with van der Waals surface area (Å²) in [5, 5.41) is 9.92. The molecule has 0 aliphatic carbocycles. The van der Waals surface area contributed by atoms with Gasteiger partial charge in [-0.1, -0.05) is 30.9 Å². The van der Waals surface area contributed by atoms with E-state index >= 15 is 0 Å². The molecule has 0 fully saturated rings. The molecule has 0 saturated heterocycles. The lowest BCUT2D eigenvalue weighted by Gasteiger charge is -2.34. The van der Waals surface area contributed by atoms with Crippen LogP contribution in [-0.2, 0) is 34.0 Å². The van der Waals surface area contributed by atoms with Crippen LogP contribution in [-0.4, -0.2) is 37.6 Å². The van der Waals surface area contributed by atoms with Crippen LogP contribution in [0.2, 0.25) is 0 Å². The molecule has 2 heterocycles. The van der Waals surface area contributed by atoms with Crippen LogP contribution in [0.1, 0.15) is 19.4 Å². The first-order valence-corrected chi connectivity index (χ1v) is 9.49. The standard InChI is InChI=1S/C22H21N3O6/c1-4-10-30-20(27)18-13(3)31-19(24)15(11-23)22(18)14-8-6-7-9-16(14)25(21(22)28)12-17(26)29-5-2/h4,6-9H,1,5,10,12,24H2,2-3H3/t22-/m1/s1. The number of ether oxygens (including phenoxy) is 3. The number of carbonyl (C=O) groups excluding carboxylic acids is 3. The number of nitrogens with two attached hydrogens (primary N) is 1. The van der Waals surface area contributed by atoms with Crippen molar-refractivity contribution >= 4 is 23.5 Å². The SMILES string of the molecule is C=CCOC(=O)C1=C(C)OC(N)=C(C#N)[C@@]12C(=O)N(CC(=O)OCC)c1ccccc12. The molecule has 2 aliphatic heterocycles. The minimum atomic E-state index is -1.91. The number of benzene rings is 1. The van der Waals surface area contributed by atoms with E-state index in [1.165, 1.54) is 17.9 Å². The molecule has 0 saturated carbocycles. The molecule has 9 heteroatoms. The third-order valence-corrected chi connectivity index (χ3v) is 5.02. The molecule has 1 atom stereocenters. The van der Waals surface area contributed by atoms with Crippen LogP contribution in [0.5, 0.6) is 0 Å². The van der Waals surface area contributed by atoms with E-state index in [0.29, 0.717) is 11.3 Å². The Morgan fingerprint density at radius 2 is 2.06 bits per heavy atom. The molecule has 1 aromatic carbocycles. The van der Waals surface area contributed by atoms with Crippen LogP contribution in [0.4, 0.5) is 5.69 Å². The number of fused-ring (bicyclic) bond motifs is 2. The van der Waals surface area contributed by atoms with E-state index in [1.54, 1.807) is 31.2 Å². The minimum Gasteiger partial charge on any atom is -0.465 e. The van der Waals surface area contributed by atoms with Crippen molar-refractivity contribution in [1.29, 1.82) is 5.26 Å². The molecule has 1 aromatic rings. The van der Waals surface area contributed by atoms with Gasteiger partial charge in [-0.15, -0.1) is 0 Å². The van der Waals surface area contributed by atoms with Crippen molar-refractivity contribution in [3.63, 3.8) is 0 Å². The van der Waals surface area contributed by atoms with Gasteiger partial charge in [0.2, 0.25) is 11.8 Å². The Labute approximate surface area is 179 Å². The van der Waals surface area contributed by atoms with E-state index in [2.05, 4.69) is 6.58 Å². The first-order valence-electron chi connectivity index (χ1n) is 9.49. The number of hydrogen-bond acceptors (Lipinski definition) is 8. The van der Waals surface area contributed by atoms with E-state index in [4.69, 9.17) is 19.9 Å². The first kappa shape index (κ1) is 21.6. The molecular weight excluding hydrogens is 402 g/mol. The Hall–Kier alpha value is -4.06. The average molecular weight is 423 g/mol. The number of amides is 1. The number of anilines is 1. The van der Waals surface area contributed by atoms with Crippen molar-refractivity contribution in [3.8, 4) is 6.07 Å². The number of nitriles is 1. The maximum absolute atomic E-state index is 13.9. The highest BCUT2D eigenvalue weighted by atomic mass is 16.5. The van der Waals surface area contributed by atoms with Crippen LogP contribution in [0.15, 0.2) is 59.7 Å². The molecule has 0 radical (unpaired) electrons. The van der Waals surface area contributed by atoms with Gasteiger partial charge >= 0.3 is 11.9 Å². The maximum Gasteiger partial charge on any atom is 0.339 e. The second-order valence-corrected chi connectivity index (χ2v) is 6.73. The van der Waals surface area contributed by atoms with Gasteiger partial charge in [-0.25, -0.2) is 4.79 Å². The third kappa shape index (κ3) is 3.22. The topological polar surface area (TPSA) is 132 Å². The molecule has 160 valence electrons. The Bertz CT molecular complexity index is 1080. The van der Waals surface area contributed by atoms with Crippen LogP contribution in [0, 0.1) is 11.3 Å². The fourth-order valence-electron chi connectivity index (χ4n) is 3.91. The molecule has 9 nitrogen and oxygen atoms in total. The first-order chi connectivity index (χ1) is 14.8. The van der Waals surface area contributed by atoms with Crippen molar-refractivity contribution in [2.75, 3.05) is 24.7 Å². The van der Waals surface area contributed by atoms with Crippen molar-refractivity contribution in [1.82, 2.24) is 0 Å². The van der Waals surface area contributed by atoms with Gasteiger partial charge in [0.25, 0.3) is 0 Å². The predicted molar refractivity (Wildman–Crippen MR) is 109 cm³/mol. The molecule has 31 heavy (non-hydrogen) atoms. The third-order valence-electron chi connectivity index (χ3n) is 5.02. The number of esters is 2. The van der Waals surface area contributed by atoms with E-state index in [-0.39, 0.29) is 36.0 Å². The Morgan fingerprint density at radius 1 is 1.35 bits per heavy atom. The van der Waals surface area contributed by atoms with Crippen molar-refractivity contribution < 1.29 is 28.6 Å². The lowest BCUT2D eigenvalue weighted by Crippen LogP contribution is -2.49. The molecule has 3 rings (SSSR count). The van der Waals surface area contributed by atoms with Crippen LogP contribution < -0.4 is 10.6 Å². The summed E-state index contributed by atoms with van der Waals surface area (Å²) in [5.74, 6) is -2.48. The summed E-state index contributed by atoms with van der Waals surface area (Å²) in [7, 11) is 0. The van der Waals surface area contributed by atoms with Gasteiger partial charge in [0.05, 0.1) is 6.61 Å². The number of rotatable bonds is 6. The second kappa shape index (κ2) is 8.36. The summed E-state index contributed by atoms with van der Waals surface area (Å²) in [4.78, 5) is 40.3. The average Bonchev–Trinajstić information content (AvgIpc) is 2.96. The zero-order valence-electron chi connectivity index (χ0n) is 17.1. The zero-order chi connectivity index (χ0) is 22.8. The Morgan fingerprint density at radius 3 is 2.71 bits per heavy atom. The van der Waals surface area contributed by atoms with Gasteiger partial charge < -0.3 is 19.9 Å². The van der Waals surface area contributed by atoms with Gasteiger partial charge in [-0.2, -0.15) is 5.26 Å². The second-order valence-electron chi connectivity index (χ2n) is 6.73. The maximum atomic E-state index is 13.9. The number of carbonyl (C=O) groups is 3. The molecule has 0 aromatic heterocycles. The molecule has 2 aliphatic rings. The summed E-state index contributed by atoms with van der Waals surface area (Å²) < 4.78 is 15.6. The minimum absolute atomic E-state index is 0.0201. The van der Waals surface area contributed by atoms with Gasteiger partial charge in [0.15, 0.2) is 5.41 Å². The van der Waals surface area contributed by atoms with Crippen LogP contribution >= 0.6 is 0 Å². The van der Waals surface area contributed by atoms with E-state index in [1.807, 2.05) is 6.07 Å². The van der Waals surface area contributed by atoms with Gasteiger partial charge in [-0.05, 0) is 19.9 Å². The van der Waals surface area contributed by atoms with Gasteiger partial charge in [0, 0.05) is 11.3 Å². The molecule has 0 bridgehead atoms. The monoisotopic (exact) mass is 423 g/mol. The van der Waals surface area contributed by atoms with Crippen molar-refractivity contribution in [3.05, 3.63) is 65.3 Å². The smallest absolute Gasteiger partial charge is 0.339 e. The number of para-hydroxylation sites is 1. The van der Waals surface area contributed by atoms with Crippen LogP contribution in [0.25, 0.3) is 0 Å². The summed E-state index contributed by atoms with van der Waals surface area (Å²) in [6, 6.07) is 8.47. The highest BCUT2D eigenvalue weighted by molar-refractivity contribution is 6.19. The largest absolute Gasteiger partial charge is 0.465 e. The Kier molecular flexibility index (Phi) is 5.83. The van der Waals surface area contributed by atoms with Crippen molar-refractivity contribution in [2.24, 2.45) is 5.73 Å². The number of allylic oxidation sites excluding steroid dienone is 1. The molecule has 1 amide bonds. The normalized spacial score (nSPS) is 19.6. The van der Waals surface area contributed by atoms with E-state index in [0.717, 1.165) is 0 Å². The summed E-state index contributed by atoms with van der Waals surface area (Å²) in [6.07, 6.45) is 1.37. The quantitative estimate of drug-likeness (QED) is 0.539. The summed E-state index contributed by atoms with van der Waals surface area (Å²) >= 11 is 0. The predicted octanol–water partition coefficient (Wildman–Crippen LogP) is 1.56. The van der Waals surface area contributed by atoms with E-state index in [9.17, 15) is 19.6 Å². The van der Waals surface area contributed by atoms with Gasteiger partial charge in [0.1, 0.15) is 36.1 Å². The van der Waals surface area contributed by atoms with Crippen LogP contribution in [0.3, 0.4) is 0 Å². The summed E-state index contributed by atoms with van der Waals surface area (Å²) in [5.41, 5.74) is 4.30. The highest BCUT2D eigenvalue weighted by Crippen LogP contribution is 2.54. The van der Waals surface area contributed by atoms with Crippen molar-refractivity contribution in [2.45, 2.75) is 19.3 Å². The number of hydrogen-bond donors (Lipinski definition) is 1. The van der Waals surface area contributed by atoms with Gasteiger partial charge in [-0.3, -0.25) is 14.5 Å². The fraction of sp³-hybridized carbons (Fsp3) is 0.273. The summed E-state index contributed by atoms with van der Waals surface area (Å²) in [6.45, 7) is 6.23. The molecule has 1 spiro atoms. The Balaban J connectivity index is 2.30.